The van der Waals surface area contributed by atoms with Crippen LogP contribution >= 0.6 is 11.5 Å². The molecule has 2 atom stereocenters. The lowest BCUT2D eigenvalue weighted by Crippen LogP contribution is -2.56. The number of piperazine rings is 1. The van der Waals surface area contributed by atoms with E-state index in [1.807, 2.05) is 11.4 Å². The third-order valence-electron chi connectivity index (χ3n) is 4.89. The predicted octanol–water partition coefficient (Wildman–Crippen LogP) is 2.66. The van der Waals surface area contributed by atoms with Crippen molar-refractivity contribution >= 4 is 34.9 Å². The van der Waals surface area contributed by atoms with Crippen LogP contribution in [-0.2, 0) is 4.79 Å². The Labute approximate surface area is 151 Å². The fraction of sp³-hybridized carbons (Fsp3) is 0.529. The first kappa shape index (κ1) is 16.3. The predicted molar refractivity (Wildman–Crippen MR) is 98.2 cm³/mol. The number of hydrogen-bond acceptors (Lipinski definition) is 7. The molecular weight excluding hydrogens is 336 g/mol. The lowest BCUT2D eigenvalue weighted by Gasteiger charge is -2.41. The van der Waals surface area contributed by atoms with Crippen molar-refractivity contribution in [2.45, 2.75) is 44.7 Å². The van der Waals surface area contributed by atoms with Gasteiger partial charge in [-0.25, -0.2) is 4.98 Å². The average Bonchev–Trinajstić information content (AvgIpc) is 3.21. The first-order valence-corrected chi connectivity index (χ1v) is 9.64. The maximum Gasteiger partial charge on any atom is 0.229 e. The zero-order valence-electron chi connectivity index (χ0n) is 14.3. The Kier molecular flexibility index (Phi) is 4.52. The highest BCUT2D eigenvalue weighted by molar-refractivity contribution is 7.04. The van der Waals surface area contributed by atoms with Gasteiger partial charge in [0.15, 0.2) is 0 Å². The molecule has 2 aromatic rings. The molecule has 4 rings (SSSR count). The topological polar surface area (TPSA) is 74.2 Å². The monoisotopic (exact) mass is 358 g/mol. The molecule has 0 aliphatic carbocycles. The van der Waals surface area contributed by atoms with Crippen LogP contribution in [0.4, 0.5) is 17.5 Å². The molecular formula is C17H22N6OS. The quantitative estimate of drug-likeness (QED) is 0.886. The van der Waals surface area contributed by atoms with Gasteiger partial charge in [-0.3, -0.25) is 4.79 Å². The molecule has 2 aliphatic rings. The van der Waals surface area contributed by atoms with Gasteiger partial charge in [-0.15, -0.1) is 0 Å². The van der Waals surface area contributed by atoms with Gasteiger partial charge in [-0.1, -0.05) is 6.92 Å². The number of nitrogens with zero attached hydrogens (tertiary/aromatic N) is 5. The second kappa shape index (κ2) is 6.95. The highest BCUT2D eigenvalue weighted by atomic mass is 32.1. The van der Waals surface area contributed by atoms with Gasteiger partial charge < -0.3 is 15.1 Å². The van der Waals surface area contributed by atoms with Crippen LogP contribution in [0.25, 0.3) is 0 Å². The Hall–Kier alpha value is -2.22. The van der Waals surface area contributed by atoms with Crippen molar-refractivity contribution in [1.82, 2.24) is 19.2 Å². The van der Waals surface area contributed by atoms with Gasteiger partial charge in [0.05, 0.1) is 11.9 Å². The summed E-state index contributed by atoms with van der Waals surface area (Å²) < 4.78 is 4.07. The van der Waals surface area contributed by atoms with Crippen molar-refractivity contribution < 1.29 is 4.79 Å². The van der Waals surface area contributed by atoms with Crippen LogP contribution in [0.5, 0.6) is 0 Å². The van der Waals surface area contributed by atoms with Crippen molar-refractivity contribution in [3.05, 3.63) is 23.8 Å². The van der Waals surface area contributed by atoms with Crippen LogP contribution < -0.4 is 10.2 Å². The van der Waals surface area contributed by atoms with Gasteiger partial charge in [0, 0.05) is 43.2 Å². The SMILES string of the molecule is CCCC(=O)N1[C@@H]2CC[C@H]1CN(c1ccnc(Nc3cnsc3)n1)C2. The highest BCUT2D eigenvalue weighted by Crippen LogP contribution is 2.33. The zero-order valence-corrected chi connectivity index (χ0v) is 15.1. The smallest absolute Gasteiger partial charge is 0.229 e. The van der Waals surface area contributed by atoms with Crippen LogP contribution in [0.3, 0.4) is 0 Å². The van der Waals surface area contributed by atoms with Gasteiger partial charge in [0.1, 0.15) is 5.82 Å². The van der Waals surface area contributed by atoms with Crippen molar-refractivity contribution in [1.29, 1.82) is 0 Å². The molecule has 2 fully saturated rings. The largest absolute Gasteiger partial charge is 0.352 e. The van der Waals surface area contributed by atoms with Crippen LogP contribution in [-0.4, -0.2) is 50.3 Å². The molecule has 0 unspecified atom stereocenters. The molecule has 0 spiro atoms. The number of carbonyl (C=O) groups excluding carboxylic acids is 1. The number of amides is 1. The number of fused-ring (bicyclic) bond motifs is 2. The second-order valence-electron chi connectivity index (χ2n) is 6.62. The summed E-state index contributed by atoms with van der Waals surface area (Å²) in [6.07, 6.45) is 7.29. The van der Waals surface area contributed by atoms with E-state index in [1.54, 1.807) is 12.4 Å². The Balaban J connectivity index is 1.48. The summed E-state index contributed by atoms with van der Waals surface area (Å²) in [5.41, 5.74) is 0.900. The van der Waals surface area contributed by atoms with E-state index < -0.39 is 0 Å². The summed E-state index contributed by atoms with van der Waals surface area (Å²) in [5.74, 6) is 1.80. The zero-order chi connectivity index (χ0) is 17.2. The van der Waals surface area contributed by atoms with Crippen molar-refractivity contribution in [2.75, 3.05) is 23.3 Å². The van der Waals surface area contributed by atoms with Crippen LogP contribution in [0.15, 0.2) is 23.8 Å². The molecule has 25 heavy (non-hydrogen) atoms. The molecule has 2 aromatic heterocycles. The van der Waals surface area contributed by atoms with Gasteiger partial charge in [0.25, 0.3) is 0 Å². The van der Waals surface area contributed by atoms with E-state index >= 15 is 0 Å². The third kappa shape index (κ3) is 3.30. The number of hydrogen-bond donors (Lipinski definition) is 1. The minimum absolute atomic E-state index is 0.310. The second-order valence-corrected chi connectivity index (χ2v) is 7.27. The third-order valence-corrected chi connectivity index (χ3v) is 5.47. The molecule has 0 radical (unpaired) electrons. The Morgan fingerprint density at radius 1 is 1.36 bits per heavy atom. The van der Waals surface area contributed by atoms with Crippen LogP contribution in [0.1, 0.15) is 32.6 Å². The number of anilines is 3. The fourth-order valence-corrected chi connectivity index (χ4v) is 4.29. The number of aromatic nitrogens is 3. The molecule has 2 aliphatic heterocycles. The molecule has 2 saturated heterocycles. The van der Waals surface area contributed by atoms with E-state index in [9.17, 15) is 4.79 Å². The summed E-state index contributed by atoms with van der Waals surface area (Å²) in [5, 5.41) is 5.10. The van der Waals surface area contributed by atoms with Gasteiger partial charge in [-0.2, -0.15) is 9.36 Å². The Bertz CT molecular complexity index is 722. The van der Waals surface area contributed by atoms with E-state index in [2.05, 4.69) is 36.4 Å². The minimum atomic E-state index is 0.310. The lowest BCUT2D eigenvalue weighted by atomic mass is 10.1. The van der Waals surface area contributed by atoms with Crippen LogP contribution in [0, 0.1) is 0 Å². The van der Waals surface area contributed by atoms with Crippen molar-refractivity contribution in [2.24, 2.45) is 0 Å². The normalized spacial score (nSPS) is 22.3. The summed E-state index contributed by atoms with van der Waals surface area (Å²) in [6, 6.07) is 2.57. The summed E-state index contributed by atoms with van der Waals surface area (Å²) in [7, 11) is 0. The molecule has 1 N–H and O–H groups in total. The molecule has 0 aromatic carbocycles. The van der Waals surface area contributed by atoms with E-state index in [0.29, 0.717) is 30.4 Å². The minimum Gasteiger partial charge on any atom is -0.352 e. The summed E-state index contributed by atoms with van der Waals surface area (Å²) in [6.45, 7) is 3.76. The molecule has 1 amide bonds. The number of nitrogens with one attached hydrogen (secondary N) is 1. The van der Waals surface area contributed by atoms with Crippen LogP contribution in [0.2, 0.25) is 0 Å². The maximum absolute atomic E-state index is 12.4. The van der Waals surface area contributed by atoms with Gasteiger partial charge >= 0.3 is 0 Å². The Morgan fingerprint density at radius 2 is 2.16 bits per heavy atom. The van der Waals surface area contributed by atoms with E-state index in [1.165, 1.54) is 11.5 Å². The van der Waals surface area contributed by atoms with Gasteiger partial charge in [-0.05, 0) is 36.9 Å². The summed E-state index contributed by atoms with van der Waals surface area (Å²) in [4.78, 5) is 25.8. The number of carbonyl (C=O) groups is 1. The molecule has 8 heteroatoms. The Morgan fingerprint density at radius 3 is 2.84 bits per heavy atom. The van der Waals surface area contributed by atoms with E-state index in [4.69, 9.17) is 0 Å². The van der Waals surface area contributed by atoms with Gasteiger partial charge in [0.2, 0.25) is 11.9 Å². The first-order valence-electron chi connectivity index (χ1n) is 8.80. The molecule has 0 saturated carbocycles. The number of rotatable bonds is 5. The van der Waals surface area contributed by atoms with E-state index in [0.717, 1.165) is 43.9 Å². The summed E-state index contributed by atoms with van der Waals surface area (Å²) >= 11 is 1.39. The maximum atomic E-state index is 12.4. The average molecular weight is 358 g/mol. The fourth-order valence-electron chi connectivity index (χ4n) is 3.82. The molecule has 7 nitrogen and oxygen atoms in total. The van der Waals surface area contributed by atoms with Crippen molar-refractivity contribution in [3.8, 4) is 0 Å². The lowest BCUT2D eigenvalue weighted by molar-refractivity contribution is -0.134. The standard InChI is InChI=1S/C17H22N6OS/c1-2-3-16(24)23-13-4-5-14(23)10-22(9-13)15-6-7-18-17(21-15)20-12-8-19-25-11-12/h6-8,11,13-14H,2-5,9-10H2,1H3,(H,18,20,21)/t13-,14+. The van der Waals surface area contributed by atoms with Crippen molar-refractivity contribution in [3.63, 3.8) is 0 Å². The van der Waals surface area contributed by atoms with E-state index in [-0.39, 0.29) is 0 Å². The molecule has 132 valence electrons. The molecule has 4 heterocycles. The highest BCUT2D eigenvalue weighted by Gasteiger charge is 2.42. The molecule has 2 bridgehead atoms. The first-order chi connectivity index (χ1) is 12.2.